The first-order valence-corrected chi connectivity index (χ1v) is 4.92. The third-order valence-electron chi connectivity index (χ3n) is 2.61. The highest BCUT2D eigenvalue weighted by molar-refractivity contribution is 4.86. The number of rotatable bonds is 2. The van der Waals surface area contributed by atoms with Crippen molar-refractivity contribution in [2.75, 3.05) is 13.1 Å². The summed E-state index contributed by atoms with van der Waals surface area (Å²) in [6.07, 6.45) is -3.30. The van der Waals surface area contributed by atoms with E-state index in [-0.39, 0.29) is 12.1 Å². The topological polar surface area (TPSA) is 24.1 Å². The normalized spacial score (nSPS) is 34.5. The molecule has 0 aliphatic carbocycles. The van der Waals surface area contributed by atoms with Crippen LogP contribution in [0.15, 0.2) is 0 Å². The maximum Gasteiger partial charge on any atom is 0.401 e. The Morgan fingerprint density at radius 2 is 2.00 bits per heavy atom. The summed E-state index contributed by atoms with van der Waals surface area (Å²) in [4.78, 5) is 0. The lowest BCUT2D eigenvalue weighted by atomic mass is 9.92. The van der Waals surface area contributed by atoms with Gasteiger partial charge < -0.3 is 10.6 Å². The fraction of sp³-hybridized carbons (Fsp3) is 1.00. The Labute approximate surface area is 82.2 Å². The molecule has 5 heteroatoms. The van der Waals surface area contributed by atoms with E-state index < -0.39 is 12.7 Å². The van der Waals surface area contributed by atoms with Gasteiger partial charge in [-0.15, -0.1) is 0 Å². The fourth-order valence-corrected chi connectivity index (χ4v) is 1.76. The third kappa shape index (κ3) is 3.84. The molecule has 0 aromatic heterocycles. The minimum absolute atomic E-state index is 0.0691. The van der Waals surface area contributed by atoms with E-state index in [4.69, 9.17) is 0 Å². The molecule has 3 atom stereocenters. The van der Waals surface area contributed by atoms with Crippen LogP contribution in [-0.2, 0) is 0 Å². The van der Waals surface area contributed by atoms with E-state index in [1.165, 1.54) is 0 Å². The molecule has 1 heterocycles. The van der Waals surface area contributed by atoms with Crippen molar-refractivity contribution >= 4 is 0 Å². The first kappa shape index (κ1) is 11.8. The Balaban J connectivity index is 2.35. The molecule has 2 N–H and O–H groups in total. The Morgan fingerprint density at radius 3 is 2.57 bits per heavy atom. The maximum absolute atomic E-state index is 12.0. The quantitative estimate of drug-likeness (QED) is 0.722. The van der Waals surface area contributed by atoms with Crippen molar-refractivity contribution < 1.29 is 13.2 Å². The van der Waals surface area contributed by atoms with E-state index in [0.717, 1.165) is 13.0 Å². The van der Waals surface area contributed by atoms with E-state index in [9.17, 15) is 13.2 Å². The van der Waals surface area contributed by atoms with Gasteiger partial charge in [-0.1, -0.05) is 6.92 Å². The number of hydrogen-bond donors (Lipinski definition) is 2. The molecule has 0 saturated carbocycles. The summed E-state index contributed by atoms with van der Waals surface area (Å²) in [5.74, 6) is 0.442. The summed E-state index contributed by atoms with van der Waals surface area (Å²) >= 11 is 0. The molecule has 2 nitrogen and oxygen atoms in total. The molecule has 0 radical (unpaired) electrons. The maximum atomic E-state index is 12.0. The number of piperidine rings is 1. The second-order valence-electron chi connectivity index (χ2n) is 4.14. The van der Waals surface area contributed by atoms with Gasteiger partial charge in [-0.2, -0.15) is 13.2 Å². The highest BCUT2D eigenvalue weighted by Gasteiger charge is 2.31. The fourth-order valence-electron chi connectivity index (χ4n) is 1.76. The molecule has 0 spiro atoms. The number of alkyl halides is 3. The number of nitrogens with one attached hydrogen (secondary N) is 2. The van der Waals surface area contributed by atoms with Gasteiger partial charge in [-0.05, 0) is 25.8 Å². The van der Waals surface area contributed by atoms with Gasteiger partial charge in [0.1, 0.15) is 0 Å². The van der Waals surface area contributed by atoms with Crippen LogP contribution in [0.4, 0.5) is 13.2 Å². The summed E-state index contributed by atoms with van der Waals surface area (Å²) < 4.78 is 35.9. The third-order valence-corrected chi connectivity index (χ3v) is 2.61. The van der Waals surface area contributed by atoms with Crippen LogP contribution in [-0.4, -0.2) is 31.3 Å². The van der Waals surface area contributed by atoms with Crippen molar-refractivity contribution in [2.24, 2.45) is 5.92 Å². The Hall–Kier alpha value is -0.290. The summed E-state index contributed by atoms with van der Waals surface area (Å²) in [6.45, 7) is 3.96. The molecular formula is C9H17F3N2. The summed E-state index contributed by atoms with van der Waals surface area (Å²) in [5, 5.41) is 5.74. The van der Waals surface area contributed by atoms with Gasteiger partial charge in [-0.25, -0.2) is 0 Å². The highest BCUT2D eigenvalue weighted by atomic mass is 19.4. The lowest BCUT2D eigenvalue weighted by Crippen LogP contribution is -2.54. The van der Waals surface area contributed by atoms with Crippen molar-refractivity contribution in [1.29, 1.82) is 0 Å². The first-order valence-electron chi connectivity index (χ1n) is 4.92. The average Bonchev–Trinajstić information content (AvgIpc) is 2.05. The molecule has 84 valence electrons. The molecule has 1 saturated heterocycles. The smallest absolute Gasteiger partial charge is 0.312 e. The van der Waals surface area contributed by atoms with Crippen molar-refractivity contribution in [3.63, 3.8) is 0 Å². The van der Waals surface area contributed by atoms with Crippen molar-refractivity contribution in [3.05, 3.63) is 0 Å². The Morgan fingerprint density at radius 1 is 1.36 bits per heavy atom. The largest absolute Gasteiger partial charge is 0.401 e. The van der Waals surface area contributed by atoms with E-state index in [0.29, 0.717) is 5.92 Å². The molecule has 1 aliphatic heterocycles. The molecule has 14 heavy (non-hydrogen) atoms. The van der Waals surface area contributed by atoms with Gasteiger partial charge in [0.25, 0.3) is 0 Å². The zero-order valence-corrected chi connectivity index (χ0v) is 8.49. The zero-order valence-electron chi connectivity index (χ0n) is 8.49. The van der Waals surface area contributed by atoms with Crippen LogP contribution < -0.4 is 10.6 Å². The second-order valence-corrected chi connectivity index (χ2v) is 4.14. The minimum atomic E-state index is -4.11. The molecule has 1 rings (SSSR count). The zero-order chi connectivity index (χ0) is 10.8. The average molecular weight is 210 g/mol. The summed E-state index contributed by atoms with van der Waals surface area (Å²) in [7, 11) is 0. The predicted octanol–water partition coefficient (Wildman–Crippen LogP) is 1.52. The first-order chi connectivity index (χ1) is 6.38. The van der Waals surface area contributed by atoms with Crippen molar-refractivity contribution in [2.45, 2.75) is 38.5 Å². The van der Waals surface area contributed by atoms with E-state index in [1.54, 1.807) is 0 Å². The second kappa shape index (κ2) is 4.49. The number of halogens is 3. The monoisotopic (exact) mass is 210 g/mol. The Kier molecular flexibility index (Phi) is 3.78. The van der Waals surface area contributed by atoms with E-state index in [1.807, 2.05) is 13.8 Å². The summed E-state index contributed by atoms with van der Waals surface area (Å²) in [6, 6.07) is 0.0499. The molecule has 0 aromatic rings. The van der Waals surface area contributed by atoms with E-state index >= 15 is 0 Å². The molecule has 0 aromatic carbocycles. The van der Waals surface area contributed by atoms with Gasteiger partial charge >= 0.3 is 6.18 Å². The minimum Gasteiger partial charge on any atom is -0.312 e. The van der Waals surface area contributed by atoms with Crippen LogP contribution in [0.1, 0.15) is 20.3 Å². The van der Waals surface area contributed by atoms with Gasteiger partial charge in [0.05, 0.1) is 6.54 Å². The molecule has 0 amide bonds. The Bertz CT molecular complexity index is 181. The molecular weight excluding hydrogens is 193 g/mol. The molecule has 0 bridgehead atoms. The molecule has 1 aliphatic rings. The molecule has 3 unspecified atom stereocenters. The van der Waals surface area contributed by atoms with Crippen molar-refractivity contribution in [3.8, 4) is 0 Å². The lowest BCUT2D eigenvalue weighted by Gasteiger charge is -2.34. The highest BCUT2D eigenvalue weighted by Crippen LogP contribution is 2.17. The van der Waals surface area contributed by atoms with Crippen LogP contribution in [0.25, 0.3) is 0 Å². The SMILES string of the molecule is CC1CNC(C)C(NCC(F)(F)F)C1. The van der Waals surface area contributed by atoms with Gasteiger partial charge in [0.2, 0.25) is 0 Å². The van der Waals surface area contributed by atoms with Gasteiger partial charge in [0.15, 0.2) is 0 Å². The summed E-state index contributed by atoms with van der Waals surface area (Å²) in [5.41, 5.74) is 0. The van der Waals surface area contributed by atoms with Crippen molar-refractivity contribution in [1.82, 2.24) is 10.6 Å². The van der Waals surface area contributed by atoms with E-state index in [2.05, 4.69) is 10.6 Å². The van der Waals surface area contributed by atoms with Crippen LogP contribution in [0.2, 0.25) is 0 Å². The van der Waals surface area contributed by atoms with Crippen LogP contribution in [0.3, 0.4) is 0 Å². The van der Waals surface area contributed by atoms with Crippen LogP contribution in [0.5, 0.6) is 0 Å². The standard InChI is InChI=1S/C9H17F3N2/c1-6-3-8(7(2)13-4-6)14-5-9(10,11)12/h6-8,13-14H,3-5H2,1-2H3. The van der Waals surface area contributed by atoms with Gasteiger partial charge in [-0.3, -0.25) is 0 Å². The lowest BCUT2D eigenvalue weighted by molar-refractivity contribution is -0.127. The van der Waals surface area contributed by atoms with Crippen LogP contribution >= 0.6 is 0 Å². The predicted molar refractivity (Wildman–Crippen MR) is 49.1 cm³/mol. The molecule has 1 fully saturated rings. The van der Waals surface area contributed by atoms with Gasteiger partial charge in [0, 0.05) is 12.1 Å². The van der Waals surface area contributed by atoms with Crippen LogP contribution in [0, 0.1) is 5.92 Å². The number of hydrogen-bond acceptors (Lipinski definition) is 2.